The average Bonchev–Trinajstić information content (AvgIpc) is 3.04. The molecule has 1 saturated heterocycles. The lowest BCUT2D eigenvalue weighted by molar-refractivity contribution is -0.130. The molecule has 1 aromatic heterocycles. The van der Waals surface area contributed by atoms with E-state index in [-0.39, 0.29) is 28.7 Å². The molecule has 0 unspecified atom stereocenters. The lowest BCUT2D eigenvalue weighted by Gasteiger charge is -2.25. The molecule has 2 atom stereocenters. The van der Waals surface area contributed by atoms with Crippen LogP contribution in [0.5, 0.6) is 0 Å². The molecule has 10 heteroatoms. The first-order valence-corrected chi connectivity index (χ1v) is 11.4. The van der Waals surface area contributed by atoms with Gasteiger partial charge in [0, 0.05) is 13.1 Å². The molecule has 1 aliphatic rings. The predicted octanol–water partition coefficient (Wildman–Crippen LogP) is 1.78. The largest absolute Gasteiger partial charge is 0.341 e. The van der Waals surface area contributed by atoms with E-state index < -0.39 is 9.84 Å². The molecule has 1 fully saturated rings. The van der Waals surface area contributed by atoms with Crippen LogP contribution in [0.3, 0.4) is 0 Å². The fraction of sp³-hybridized carbons (Fsp3) is 0.750. The van der Waals surface area contributed by atoms with Crippen molar-refractivity contribution in [2.75, 3.05) is 24.3 Å². The Kier molecular flexibility index (Phi) is 6.14. The van der Waals surface area contributed by atoms with Gasteiger partial charge in [0.2, 0.25) is 5.91 Å². The SMILES string of the molecule is CCSc1nnc(S[C@H](C)C(=O)N(C)[C@@H]2CCS(=O)(=O)C2)s1. The molecule has 22 heavy (non-hydrogen) atoms. The number of thioether (sulfide) groups is 2. The van der Waals surface area contributed by atoms with Crippen molar-refractivity contribution in [3.05, 3.63) is 0 Å². The molecule has 0 bridgehead atoms. The van der Waals surface area contributed by atoms with Gasteiger partial charge in [0.15, 0.2) is 18.5 Å². The van der Waals surface area contributed by atoms with Gasteiger partial charge in [-0.25, -0.2) is 8.42 Å². The lowest BCUT2D eigenvalue weighted by atomic mass is 10.2. The molecule has 0 N–H and O–H groups in total. The van der Waals surface area contributed by atoms with Gasteiger partial charge < -0.3 is 4.90 Å². The molecule has 0 spiro atoms. The highest BCUT2D eigenvalue weighted by Crippen LogP contribution is 2.32. The fourth-order valence-electron chi connectivity index (χ4n) is 2.18. The molecule has 6 nitrogen and oxygen atoms in total. The summed E-state index contributed by atoms with van der Waals surface area (Å²) in [5, 5.41) is 7.84. The van der Waals surface area contributed by atoms with Gasteiger partial charge in [-0.05, 0) is 19.1 Å². The summed E-state index contributed by atoms with van der Waals surface area (Å²) < 4.78 is 24.7. The van der Waals surface area contributed by atoms with Crippen LogP contribution in [0.2, 0.25) is 0 Å². The first-order valence-electron chi connectivity index (χ1n) is 6.92. The number of amides is 1. The highest BCUT2D eigenvalue weighted by atomic mass is 32.2. The molecular formula is C12H19N3O3S4. The molecule has 0 aromatic carbocycles. The summed E-state index contributed by atoms with van der Waals surface area (Å²) in [5.74, 6) is 1.12. The van der Waals surface area contributed by atoms with E-state index in [4.69, 9.17) is 0 Å². The predicted molar refractivity (Wildman–Crippen MR) is 91.5 cm³/mol. The number of sulfone groups is 1. The van der Waals surface area contributed by atoms with Gasteiger partial charge in [-0.2, -0.15) is 0 Å². The summed E-state index contributed by atoms with van der Waals surface area (Å²) in [4.78, 5) is 14.0. The smallest absolute Gasteiger partial charge is 0.235 e. The van der Waals surface area contributed by atoms with Gasteiger partial charge in [-0.3, -0.25) is 4.79 Å². The van der Waals surface area contributed by atoms with Crippen molar-refractivity contribution in [2.45, 2.75) is 40.2 Å². The summed E-state index contributed by atoms with van der Waals surface area (Å²) in [7, 11) is -1.30. The van der Waals surface area contributed by atoms with E-state index in [9.17, 15) is 13.2 Å². The molecule has 0 saturated carbocycles. The van der Waals surface area contributed by atoms with E-state index in [1.165, 1.54) is 23.1 Å². The first kappa shape index (κ1) is 18.0. The summed E-state index contributed by atoms with van der Waals surface area (Å²) >= 11 is 4.49. The quantitative estimate of drug-likeness (QED) is 0.695. The second-order valence-electron chi connectivity index (χ2n) is 5.03. The van der Waals surface area contributed by atoms with Crippen LogP contribution in [0, 0.1) is 0 Å². The van der Waals surface area contributed by atoms with Crippen molar-refractivity contribution in [2.24, 2.45) is 0 Å². The Morgan fingerprint density at radius 1 is 1.45 bits per heavy atom. The van der Waals surface area contributed by atoms with E-state index in [1.807, 2.05) is 6.92 Å². The van der Waals surface area contributed by atoms with Crippen LogP contribution in [-0.2, 0) is 14.6 Å². The van der Waals surface area contributed by atoms with Crippen LogP contribution in [0.25, 0.3) is 0 Å². The summed E-state index contributed by atoms with van der Waals surface area (Å²) in [6.07, 6.45) is 0.526. The Hall–Kier alpha value is -0.320. The van der Waals surface area contributed by atoms with Gasteiger partial charge in [0.05, 0.1) is 16.8 Å². The van der Waals surface area contributed by atoms with Crippen molar-refractivity contribution in [3.8, 4) is 0 Å². The van der Waals surface area contributed by atoms with Crippen molar-refractivity contribution < 1.29 is 13.2 Å². The molecule has 1 aliphatic heterocycles. The number of hydrogen-bond donors (Lipinski definition) is 0. The maximum atomic E-state index is 12.4. The van der Waals surface area contributed by atoms with Crippen LogP contribution in [0.1, 0.15) is 20.3 Å². The Morgan fingerprint density at radius 2 is 2.14 bits per heavy atom. The summed E-state index contributed by atoms with van der Waals surface area (Å²) in [5.41, 5.74) is 0. The fourth-order valence-corrected chi connectivity index (χ4v) is 7.11. The van der Waals surface area contributed by atoms with Crippen LogP contribution >= 0.6 is 34.9 Å². The minimum absolute atomic E-state index is 0.0630. The minimum Gasteiger partial charge on any atom is -0.341 e. The minimum atomic E-state index is -2.99. The number of aromatic nitrogens is 2. The second kappa shape index (κ2) is 7.50. The van der Waals surface area contributed by atoms with Gasteiger partial charge in [0.25, 0.3) is 0 Å². The normalized spacial score (nSPS) is 21.7. The zero-order valence-corrected chi connectivity index (χ0v) is 15.9. The Bertz CT molecular complexity index is 631. The lowest BCUT2D eigenvalue weighted by Crippen LogP contribution is -2.41. The van der Waals surface area contributed by atoms with Crippen molar-refractivity contribution in [1.82, 2.24) is 15.1 Å². The first-order chi connectivity index (χ1) is 10.3. The number of hydrogen-bond acceptors (Lipinski definition) is 8. The highest BCUT2D eigenvalue weighted by molar-refractivity contribution is 8.03. The zero-order valence-electron chi connectivity index (χ0n) is 12.7. The van der Waals surface area contributed by atoms with Crippen molar-refractivity contribution >= 4 is 50.6 Å². The third kappa shape index (κ3) is 4.59. The Labute approximate surface area is 143 Å². The van der Waals surface area contributed by atoms with E-state index in [2.05, 4.69) is 17.1 Å². The van der Waals surface area contributed by atoms with E-state index in [0.717, 1.165) is 14.4 Å². The van der Waals surface area contributed by atoms with Crippen LogP contribution in [0.4, 0.5) is 0 Å². The Morgan fingerprint density at radius 3 is 2.73 bits per heavy atom. The molecule has 0 radical (unpaired) electrons. The van der Waals surface area contributed by atoms with Crippen molar-refractivity contribution in [1.29, 1.82) is 0 Å². The van der Waals surface area contributed by atoms with Crippen LogP contribution in [-0.4, -0.2) is 65.0 Å². The van der Waals surface area contributed by atoms with Crippen LogP contribution < -0.4 is 0 Å². The van der Waals surface area contributed by atoms with E-state index >= 15 is 0 Å². The maximum absolute atomic E-state index is 12.4. The third-order valence-electron chi connectivity index (χ3n) is 3.38. The van der Waals surface area contributed by atoms with Crippen LogP contribution in [0.15, 0.2) is 8.68 Å². The van der Waals surface area contributed by atoms with Gasteiger partial charge in [-0.15, -0.1) is 10.2 Å². The maximum Gasteiger partial charge on any atom is 0.235 e. The zero-order chi connectivity index (χ0) is 16.3. The third-order valence-corrected chi connectivity index (χ3v) is 8.25. The number of carbonyl (C=O) groups excluding carboxylic acids is 1. The molecule has 124 valence electrons. The standard InChI is InChI=1S/C12H19N3O3S4/c1-4-19-11-13-14-12(21-11)20-8(2)10(16)15(3)9-5-6-22(17,18)7-9/h8-9H,4-7H2,1-3H3/t8-,9-/m1/s1. The Balaban J connectivity index is 1.93. The molecule has 1 amide bonds. The highest BCUT2D eigenvalue weighted by Gasteiger charge is 2.34. The van der Waals surface area contributed by atoms with Gasteiger partial charge >= 0.3 is 0 Å². The van der Waals surface area contributed by atoms with Gasteiger partial charge in [0.1, 0.15) is 0 Å². The molecule has 1 aromatic rings. The number of nitrogens with zero attached hydrogens (tertiary/aromatic N) is 3. The number of rotatable bonds is 6. The summed E-state index contributed by atoms with van der Waals surface area (Å²) in [6, 6.07) is -0.207. The van der Waals surface area contributed by atoms with Gasteiger partial charge in [-0.1, -0.05) is 41.8 Å². The molecular weight excluding hydrogens is 362 g/mol. The monoisotopic (exact) mass is 381 g/mol. The molecule has 0 aliphatic carbocycles. The topological polar surface area (TPSA) is 80.2 Å². The van der Waals surface area contributed by atoms with Crippen molar-refractivity contribution in [3.63, 3.8) is 0 Å². The molecule has 2 heterocycles. The second-order valence-corrected chi connectivity index (χ2v) is 11.3. The average molecular weight is 382 g/mol. The molecule has 2 rings (SSSR count). The van der Waals surface area contributed by atoms with E-state index in [0.29, 0.717) is 6.42 Å². The van der Waals surface area contributed by atoms with E-state index in [1.54, 1.807) is 23.7 Å². The summed E-state index contributed by atoms with van der Waals surface area (Å²) in [6.45, 7) is 3.87. The number of carbonyl (C=O) groups is 1.